The predicted octanol–water partition coefficient (Wildman–Crippen LogP) is 2.42. The Morgan fingerprint density at radius 3 is 2.62 bits per heavy atom. The first-order valence-electron chi connectivity index (χ1n) is 4.33. The SMILES string of the molecule is O=C(O)c1ccc(C(O)c2occc2Br)o1. The number of furan rings is 2. The largest absolute Gasteiger partial charge is 0.475 e. The standard InChI is InChI=1S/C10H7BrO5/c11-5-3-4-15-9(5)8(12)6-1-2-7(16-6)10(13)14/h1-4,8,12H,(H,13,14). The van der Waals surface area contributed by atoms with Gasteiger partial charge in [-0.2, -0.15) is 0 Å². The summed E-state index contributed by atoms with van der Waals surface area (Å²) in [4.78, 5) is 10.6. The van der Waals surface area contributed by atoms with Gasteiger partial charge in [0.25, 0.3) is 0 Å². The minimum Gasteiger partial charge on any atom is -0.475 e. The lowest BCUT2D eigenvalue weighted by atomic mass is 10.2. The second-order valence-corrected chi connectivity index (χ2v) is 3.90. The highest BCUT2D eigenvalue weighted by molar-refractivity contribution is 9.10. The summed E-state index contributed by atoms with van der Waals surface area (Å²) in [7, 11) is 0. The zero-order chi connectivity index (χ0) is 11.7. The number of aliphatic hydroxyl groups is 1. The van der Waals surface area contributed by atoms with Crippen LogP contribution in [0.15, 0.2) is 37.8 Å². The fourth-order valence-corrected chi connectivity index (χ4v) is 1.66. The van der Waals surface area contributed by atoms with Crippen LogP contribution >= 0.6 is 15.9 Å². The first-order chi connectivity index (χ1) is 7.59. The molecule has 0 saturated carbocycles. The Balaban J connectivity index is 2.31. The van der Waals surface area contributed by atoms with Crippen LogP contribution in [0, 0.1) is 0 Å². The summed E-state index contributed by atoms with van der Waals surface area (Å²) in [5, 5.41) is 18.5. The first kappa shape index (κ1) is 11.0. The summed E-state index contributed by atoms with van der Waals surface area (Å²) in [6, 6.07) is 4.29. The Kier molecular flexibility index (Phi) is 2.84. The van der Waals surface area contributed by atoms with Crippen molar-refractivity contribution in [3.63, 3.8) is 0 Å². The third kappa shape index (κ3) is 1.89. The molecule has 2 heterocycles. The monoisotopic (exact) mass is 286 g/mol. The van der Waals surface area contributed by atoms with Gasteiger partial charge in [-0.05, 0) is 34.1 Å². The molecule has 0 fully saturated rings. The molecule has 2 N–H and O–H groups in total. The molecule has 0 aliphatic carbocycles. The summed E-state index contributed by atoms with van der Waals surface area (Å²) < 4.78 is 10.6. The molecule has 1 unspecified atom stereocenters. The van der Waals surface area contributed by atoms with E-state index in [1.165, 1.54) is 18.4 Å². The molecule has 84 valence electrons. The average molecular weight is 287 g/mol. The quantitative estimate of drug-likeness (QED) is 0.905. The van der Waals surface area contributed by atoms with Crippen LogP contribution in [0.1, 0.15) is 28.2 Å². The number of carboxylic acids is 1. The molecular weight excluding hydrogens is 280 g/mol. The van der Waals surface area contributed by atoms with E-state index < -0.39 is 12.1 Å². The van der Waals surface area contributed by atoms with Crippen LogP contribution in [0.5, 0.6) is 0 Å². The van der Waals surface area contributed by atoms with Crippen molar-refractivity contribution in [2.75, 3.05) is 0 Å². The van der Waals surface area contributed by atoms with E-state index >= 15 is 0 Å². The van der Waals surface area contributed by atoms with Gasteiger partial charge in [-0.25, -0.2) is 4.79 Å². The van der Waals surface area contributed by atoms with Gasteiger partial charge in [0.2, 0.25) is 5.76 Å². The Morgan fingerprint density at radius 1 is 1.38 bits per heavy atom. The molecular formula is C10H7BrO5. The van der Waals surface area contributed by atoms with E-state index in [0.717, 1.165) is 0 Å². The molecule has 5 nitrogen and oxygen atoms in total. The van der Waals surface area contributed by atoms with Crippen LogP contribution in [-0.4, -0.2) is 16.2 Å². The van der Waals surface area contributed by atoms with E-state index in [4.69, 9.17) is 13.9 Å². The van der Waals surface area contributed by atoms with Crippen molar-refractivity contribution in [1.82, 2.24) is 0 Å². The summed E-state index contributed by atoms with van der Waals surface area (Å²) in [5.74, 6) is -1.02. The highest BCUT2D eigenvalue weighted by Crippen LogP contribution is 2.30. The van der Waals surface area contributed by atoms with Crippen LogP contribution < -0.4 is 0 Å². The molecule has 0 radical (unpaired) electrons. The number of halogens is 1. The van der Waals surface area contributed by atoms with Crippen molar-refractivity contribution in [2.24, 2.45) is 0 Å². The summed E-state index contributed by atoms with van der Waals surface area (Å²) in [6.07, 6.45) is 0.279. The molecule has 0 bridgehead atoms. The maximum absolute atomic E-state index is 10.6. The smallest absolute Gasteiger partial charge is 0.371 e. The molecule has 16 heavy (non-hydrogen) atoms. The molecule has 0 aromatic carbocycles. The fourth-order valence-electron chi connectivity index (χ4n) is 1.24. The molecule has 0 spiro atoms. The van der Waals surface area contributed by atoms with Crippen molar-refractivity contribution in [2.45, 2.75) is 6.10 Å². The maximum atomic E-state index is 10.6. The molecule has 1 atom stereocenters. The number of rotatable bonds is 3. The first-order valence-corrected chi connectivity index (χ1v) is 5.13. The Bertz CT molecular complexity index is 513. The zero-order valence-electron chi connectivity index (χ0n) is 7.88. The van der Waals surface area contributed by atoms with E-state index in [-0.39, 0.29) is 17.3 Å². The van der Waals surface area contributed by atoms with E-state index in [9.17, 15) is 9.90 Å². The number of aliphatic hydroxyl groups excluding tert-OH is 1. The lowest BCUT2D eigenvalue weighted by molar-refractivity contribution is 0.0653. The molecule has 6 heteroatoms. The van der Waals surface area contributed by atoms with Crippen molar-refractivity contribution >= 4 is 21.9 Å². The molecule has 0 amide bonds. The van der Waals surface area contributed by atoms with Gasteiger partial charge in [0.05, 0.1) is 10.7 Å². The Labute approximate surface area is 98.4 Å². The predicted molar refractivity (Wildman–Crippen MR) is 56.1 cm³/mol. The molecule has 2 aromatic rings. The average Bonchev–Trinajstić information content (AvgIpc) is 2.84. The van der Waals surface area contributed by atoms with Crippen molar-refractivity contribution < 1.29 is 23.8 Å². The number of carbonyl (C=O) groups is 1. The highest BCUT2D eigenvalue weighted by atomic mass is 79.9. The third-order valence-corrected chi connectivity index (χ3v) is 2.66. The minimum atomic E-state index is -1.18. The van der Waals surface area contributed by atoms with Gasteiger partial charge in [-0.1, -0.05) is 0 Å². The summed E-state index contributed by atoms with van der Waals surface area (Å²) in [6.45, 7) is 0. The molecule has 2 aromatic heterocycles. The lowest BCUT2D eigenvalue weighted by Crippen LogP contribution is -1.97. The van der Waals surface area contributed by atoms with Crippen LogP contribution in [-0.2, 0) is 0 Å². The second-order valence-electron chi connectivity index (χ2n) is 3.04. The molecule has 2 rings (SSSR count). The van der Waals surface area contributed by atoms with E-state index in [0.29, 0.717) is 4.47 Å². The van der Waals surface area contributed by atoms with Crippen LogP contribution in [0.25, 0.3) is 0 Å². The van der Waals surface area contributed by atoms with Crippen molar-refractivity contribution in [3.05, 3.63) is 46.2 Å². The van der Waals surface area contributed by atoms with E-state index in [1.54, 1.807) is 6.07 Å². The molecule has 0 saturated heterocycles. The number of hydrogen-bond donors (Lipinski definition) is 2. The number of aromatic carboxylic acids is 1. The number of carboxylic acid groups (broad SMARTS) is 1. The van der Waals surface area contributed by atoms with Gasteiger partial charge in [-0.3, -0.25) is 0 Å². The zero-order valence-corrected chi connectivity index (χ0v) is 9.47. The highest BCUT2D eigenvalue weighted by Gasteiger charge is 2.21. The van der Waals surface area contributed by atoms with Crippen LogP contribution in [0.4, 0.5) is 0 Å². The Hall–Kier alpha value is -1.53. The van der Waals surface area contributed by atoms with E-state index in [2.05, 4.69) is 15.9 Å². The normalized spacial score (nSPS) is 12.6. The second kappa shape index (κ2) is 4.15. The molecule has 0 aliphatic heterocycles. The molecule has 0 aliphatic rings. The number of hydrogen-bond acceptors (Lipinski definition) is 4. The maximum Gasteiger partial charge on any atom is 0.371 e. The van der Waals surface area contributed by atoms with Crippen LogP contribution in [0.3, 0.4) is 0 Å². The summed E-state index contributed by atoms with van der Waals surface area (Å²) >= 11 is 3.19. The van der Waals surface area contributed by atoms with Crippen molar-refractivity contribution in [3.8, 4) is 0 Å². The van der Waals surface area contributed by atoms with Crippen LogP contribution in [0.2, 0.25) is 0 Å². The van der Waals surface area contributed by atoms with E-state index in [1.807, 2.05) is 0 Å². The van der Waals surface area contributed by atoms with Gasteiger partial charge in [0.15, 0.2) is 11.9 Å². The van der Waals surface area contributed by atoms with Gasteiger partial charge in [0, 0.05) is 0 Å². The van der Waals surface area contributed by atoms with Gasteiger partial charge < -0.3 is 19.0 Å². The van der Waals surface area contributed by atoms with Gasteiger partial charge in [-0.15, -0.1) is 0 Å². The van der Waals surface area contributed by atoms with Crippen molar-refractivity contribution in [1.29, 1.82) is 0 Å². The Morgan fingerprint density at radius 2 is 2.12 bits per heavy atom. The third-order valence-electron chi connectivity index (χ3n) is 2.00. The van der Waals surface area contributed by atoms with Gasteiger partial charge in [0.1, 0.15) is 5.76 Å². The fraction of sp³-hybridized carbons (Fsp3) is 0.100. The summed E-state index contributed by atoms with van der Waals surface area (Å²) in [5.41, 5.74) is 0. The lowest BCUT2D eigenvalue weighted by Gasteiger charge is -2.04. The van der Waals surface area contributed by atoms with Gasteiger partial charge >= 0.3 is 5.97 Å². The minimum absolute atomic E-state index is 0.119. The topological polar surface area (TPSA) is 83.8 Å².